The molecule has 0 bridgehead atoms. The number of pyridine rings is 1. The number of hydrogen-bond acceptors (Lipinski definition) is 4. The molecule has 1 aromatic carbocycles. The van der Waals surface area contributed by atoms with Gasteiger partial charge in [-0.25, -0.2) is 13.8 Å². The molecule has 0 saturated heterocycles. The van der Waals surface area contributed by atoms with E-state index in [0.29, 0.717) is 0 Å². The lowest BCUT2D eigenvalue weighted by Gasteiger charge is -2.08. The molecule has 98 valence electrons. The predicted molar refractivity (Wildman–Crippen MR) is 62.4 cm³/mol. The van der Waals surface area contributed by atoms with Gasteiger partial charge in [-0.1, -0.05) is 0 Å². The van der Waals surface area contributed by atoms with Crippen molar-refractivity contribution in [2.45, 2.75) is 6.43 Å². The summed E-state index contributed by atoms with van der Waals surface area (Å²) in [6, 6.07) is 7.67. The van der Waals surface area contributed by atoms with Crippen LogP contribution >= 0.6 is 0 Å². The first kappa shape index (κ1) is 12.9. The van der Waals surface area contributed by atoms with Crippen LogP contribution in [0.1, 0.15) is 12.0 Å². The van der Waals surface area contributed by atoms with Gasteiger partial charge in [0.25, 0.3) is 12.1 Å². The summed E-state index contributed by atoms with van der Waals surface area (Å²) in [5, 5.41) is 10.5. The van der Waals surface area contributed by atoms with Crippen molar-refractivity contribution in [3.05, 3.63) is 58.3 Å². The van der Waals surface area contributed by atoms with Gasteiger partial charge in [0.15, 0.2) is 0 Å². The molecule has 0 unspecified atom stereocenters. The highest BCUT2D eigenvalue weighted by Gasteiger charge is 2.15. The van der Waals surface area contributed by atoms with Crippen LogP contribution in [0.3, 0.4) is 0 Å². The Bertz CT molecular complexity index is 588. The molecule has 2 rings (SSSR count). The third kappa shape index (κ3) is 3.01. The highest BCUT2D eigenvalue weighted by atomic mass is 19.3. The van der Waals surface area contributed by atoms with Crippen molar-refractivity contribution in [1.29, 1.82) is 0 Å². The highest BCUT2D eigenvalue weighted by Crippen LogP contribution is 2.30. The van der Waals surface area contributed by atoms with Crippen LogP contribution in [0.25, 0.3) is 0 Å². The van der Waals surface area contributed by atoms with Crippen molar-refractivity contribution >= 4 is 5.69 Å². The fraction of sp³-hybridized carbons (Fsp3) is 0.0833. The fourth-order valence-corrected chi connectivity index (χ4v) is 1.40. The molecule has 1 aromatic heterocycles. The molecule has 7 heteroatoms. The van der Waals surface area contributed by atoms with E-state index < -0.39 is 11.3 Å². The Morgan fingerprint density at radius 1 is 1.21 bits per heavy atom. The molecule has 2 aromatic rings. The molecule has 1 heterocycles. The van der Waals surface area contributed by atoms with E-state index in [-0.39, 0.29) is 22.9 Å². The smallest absolute Gasteiger partial charge is 0.269 e. The van der Waals surface area contributed by atoms with Crippen molar-refractivity contribution in [1.82, 2.24) is 4.98 Å². The third-order valence-electron chi connectivity index (χ3n) is 2.30. The standard InChI is InChI=1S/C12H8F2N2O3/c13-11(14)10-2-1-7-15-12(10)19-9-5-3-8(4-6-9)16(17)18/h1-7,11H. The number of nitrogens with zero attached hydrogens (tertiary/aromatic N) is 2. The van der Waals surface area contributed by atoms with Crippen LogP contribution in [0.4, 0.5) is 14.5 Å². The van der Waals surface area contributed by atoms with Crippen molar-refractivity contribution in [2.24, 2.45) is 0 Å². The number of benzene rings is 1. The van der Waals surface area contributed by atoms with Crippen LogP contribution in [-0.4, -0.2) is 9.91 Å². The molecule has 0 aliphatic heterocycles. The Morgan fingerprint density at radius 3 is 2.47 bits per heavy atom. The minimum absolute atomic E-state index is 0.109. The van der Waals surface area contributed by atoms with Gasteiger partial charge in [-0.2, -0.15) is 0 Å². The average Bonchev–Trinajstić information content (AvgIpc) is 2.39. The van der Waals surface area contributed by atoms with Crippen molar-refractivity contribution < 1.29 is 18.4 Å². The van der Waals surface area contributed by atoms with Crippen LogP contribution in [0.5, 0.6) is 11.6 Å². The minimum Gasteiger partial charge on any atom is -0.439 e. The maximum absolute atomic E-state index is 12.7. The van der Waals surface area contributed by atoms with E-state index in [4.69, 9.17) is 4.74 Å². The van der Waals surface area contributed by atoms with Gasteiger partial charge < -0.3 is 4.74 Å². The van der Waals surface area contributed by atoms with Gasteiger partial charge in [-0.15, -0.1) is 0 Å². The summed E-state index contributed by atoms with van der Waals surface area (Å²) < 4.78 is 30.6. The molecule has 0 aliphatic carbocycles. The molecule has 0 N–H and O–H groups in total. The lowest BCUT2D eigenvalue weighted by atomic mass is 10.3. The number of hydrogen-bond donors (Lipinski definition) is 0. The van der Waals surface area contributed by atoms with Gasteiger partial charge in [-0.3, -0.25) is 10.1 Å². The lowest BCUT2D eigenvalue weighted by molar-refractivity contribution is -0.384. The number of non-ortho nitro benzene ring substituents is 1. The molecular formula is C12H8F2N2O3. The minimum atomic E-state index is -2.71. The maximum atomic E-state index is 12.7. The van der Waals surface area contributed by atoms with Crippen molar-refractivity contribution in [2.75, 3.05) is 0 Å². The quantitative estimate of drug-likeness (QED) is 0.624. The van der Waals surface area contributed by atoms with E-state index in [1.165, 1.54) is 42.6 Å². The molecule has 0 aliphatic rings. The first-order valence-electron chi connectivity index (χ1n) is 5.23. The summed E-state index contributed by atoms with van der Waals surface area (Å²) in [6.45, 7) is 0. The van der Waals surface area contributed by atoms with Crippen LogP contribution in [0.2, 0.25) is 0 Å². The highest BCUT2D eigenvalue weighted by molar-refractivity contribution is 5.39. The molecule has 5 nitrogen and oxygen atoms in total. The second-order valence-electron chi connectivity index (χ2n) is 3.55. The van der Waals surface area contributed by atoms with E-state index in [1.54, 1.807) is 0 Å². The van der Waals surface area contributed by atoms with Crippen LogP contribution < -0.4 is 4.74 Å². The molecule has 0 radical (unpaired) electrons. The molecule has 0 spiro atoms. The van der Waals surface area contributed by atoms with E-state index >= 15 is 0 Å². The van der Waals surface area contributed by atoms with Crippen molar-refractivity contribution in [3.8, 4) is 11.6 Å². The van der Waals surface area contributed by atoms with Crippen LogP contribution in [0.15, 0.2) is 42.6 Å². The number of aromatic nitrogens is 1. The summed E-state index contributed by atoms with van der Waals surface area (Å²) in [5.74, 6) is -0.0162. The fourth-order valence-electron chi connectivity index (χ4n) is 1.40. The van der Waals surface area contributed by atoms with Gasteiger partial charge in [0.2, 0.25) is 5.88 Å². The van der Waals surface area contributed by atoms with Gasteiger partial charge in [0.1, 0.15) is 5.75 Å². The second-order valence-corrected chi connectivity index (χ2v) is 3.55. The Kier molecular flexibility index (Phi) is 3.65. The number of nitro groups is 1. The Labute approximate surface area is 106 Å². The first-order chi connectivity index (χ1) is 9.08. The number of halogens is 2. The number of ether oxygens (including phenoxy) is 1. The van der Waals surface area contributed by atoms with E-state index in [0.717, 1.165) is 0 Å². The molecule has 0 atom stereocenters. The molecular weight excluding hydrogens is 258 g/mol. The average molecular weight is 266 g/mol. The van der Waals surface area contributed by atoms with Gasteiger partial charge in [0.05, 0.1) is 10.5 Å². The van der Waals surface area contributed by atoms with Crippen LogP contribution in [0, 0.1) is 10.1 Å². The zero-order valence-corrected chi connectivity index (χ0v) is 9.49. The van der Waals surface area contributed by atoms with Crippen LogP contribution in [-0.2, 0) is 0 Å². The zero-order chi connectivity index (χ0) is 13.8. The predicted octanol–water partition coefficient (Wildman–Crippen LogP) is 3.72. The summed E-state index contributed by atoms with van der Waals surface area (Å²) in [7, 11) is 0. The number of rotatable bonds is 4. The lowest BCUT2D eigenvalue weighted by Crippen LogP contribution is -1.95. The normalized spacial score (nSPS) is 10.5. The Hall–Kier alpha value is -2.57. The van der Waals surface area contributed by atoms with E-state index in [1.807, 2.05) is 0 Å². The molecule has 0 amide bonds. The van der Waals surface area contributed by atoms with Gasteiger partial charge in [0, 0.05) is 18.3 Å². The van der Waals surface area contributed by atoms with Crippen molar-refractivity contribution in [3.63, 3.8) is 0 Å². The summed E-state index contributed by atoms with van der Waals surface area (Å²) in [5.41, 5.74) is -0.441. The maximum Gasteiger partial charge on any atom is 0.269 e. The van der Waals surface area contributed by atoms with Gasteiger partial charge in [-0.05, 0) is 24.3 Å². The second kappa shape index (κ2) is 5.38. The molecule has 0 fully saturated rings. The number of alkyl halides is 2. The topological polar surface area (TPSA) is 65.3 Å². The SMILES string of the molecule is O=[N+]([O-])c1ccc(Oc2ncccc2C(F)F)cc1. The van der Waals surface area contributed by atoms with E-state index in [9.17, 15) is 18.9 Å². The Balaban J connectivity index is 2.24. The Morgan fingerprint density at radius 2 is 1.89 bits per heavy atom. The number of nitro benzene ring substituents is 1. The summed E-state index contributed by atoms with van der Waals surface area (Å²) in [6.07, 6.45) is -1.38. The first-order valence-corrected chi connectivity index (χ1v) is 5.23. The monoisotopic (exact) mass is 266 g/mol. The largest absolute Gasteiger partial charge is 0.439 e. The third-order valence-corrected chi connectivity index (χ3v) is 2.30. The summed E-state index contributed by atoms with van der Waals surface area (Å²) in [4.78, 5) is 13.6. The summed E-state index contributed by atoms with van der Waals surface area (Å²) >= 11 is 0. The molecule has 0 saturated carbocycles. The van der Waals surface area contributed by atoms with Gasteiger partial charge >= 0.3 is 0 Å². The zero-order valence-electron chi connectivity index (χ0n) is 9.49. The van der Waals surface area contributed by atoms with E-state index in [2.05, 4.69) is 4.98 Å². The molecule has 19 heavy (non-hydrogen) atoms.